The summed E-state index contributed by atoms with van der Waals surface area (Å²) < 4.78 is 22.1. The van der Waals surface area contributed by atoms with E-state index in [-0.39, 0.29) is 17.3 Å². The number of aromatic nitrogens is 4. The number of ether oxygens (including phenoxy) is 1. The first-order chi connectivity index (χ1) is 17.6. The number of methoxy groups -OCH3 is 1. The molecule has 3 aromatic heterocycles. The van der Waals surface area contributed by atoms with E-state index >= 15 is 0 Å². The zero-order chi connectivity index (χ0) is 24.9. The predicted octanol–water partition coefficient (Wildman–Crippen LogP) is 4.97. The first-order valence-electron chi connectivity index (χ1n) is 12.3. The Labute approximate surface area is 209 Å². The van der Waals surface area contributed by atoms with Gasteiger partial charge in [0.25, 0.3) is 0 Å². The fourth-order valence-corrected chi connectivity index (χ4v) is 6.17. The highest BCUT2D eigenvalue weighted by atomic mass is 19.1. The van der Waals surface area contributed by atoms with Crippen molar-refractivity contribution in [1.82, 2.24) is 19.6 Å². The lowest BCUT2D eigenvalue weighted by Gasteiger charge is -2.42. The normalized spacial score (nSPS) is 18.6. The second-order valence-electron chi connectivity index (χ2n) is 9.86. The highest BCUT2D eigenvalue weighted by Crippen LogP contribution is 2.53. The molecule has 1 aliphatic heterocycles. The lowest BCUT2D eigenvalue weighted by molar-refractivity contribution is 0.185. The Kier molecular flexibility index (Phi) is 5.56. The van der Waals surface area contributed by atoms with Gasteiger partial charge in [0.1, 0.15) is 11.3 Å². The summed E-state index contributed by atoms with van der Waals surface area (Å²) in [6, 6.07) is 11.0. The van der Waals surface area contributed by atoms with Crippen LogP contribution in [0.3, 0.4) is 0 Å². The summed E-state index contributed by atoms with van der Waals surface area (Å²) in [7, 11) is 1.67. The molecule has 6 rings (SSSR count). The minimum atomic E-state index is -0.294. The van der Waals surface area contributed by atoms with Crippen molar-refractivity contribution in [3.8, 4) is 11.3 Å². The van der Waals surface area contributed by atoms with Gasteiger partial charge >= 0.3 is 0 Å². The standard InChI is InChI=1S/C28H29FN6O/c1-18-24(20-7-4-5-9-22(20)29)35-25(19(16-32-35)17-36-3)27(33-18)34-13-10-28(11-14-34)15-23-21(26(28)30-2)8-6-12-31-23/h4-9,12,16,26H,2,10-11,13-15,17H2,1,3H3. The predicted molar refractivity (Wildman–Crippen MR) is 138 cm³/mol. The zero-order valence-electron chi connectivity index (χ0n) is 20.6. The van der Waals surface area contributed by atoms with Crippen molar-refractivity contribution in [2.75, 3.05) is 25.1 Å². The van der Waals surface area contributed by atoms with Crippen LogP contribution in [0.2, 0.25) is 0 Å². The smallest absolute Gasteiger partial charge is 0.155 e. The zero-order valence-corrected chi connectivity index (χ0v) is 20.6. The van der Waals surface area contributed by atoms with Crippen molar-refractivity contribution in [2.24, 2.45) is 10.4 Å². The Balaban J connectivity index is 1.40. The van der Waals surface area contributed by atoms with Gasteiger partial charge in [-0.05, 0) is 56.7 Å². The fraction of sp³-hybridized carbons (Fsp3) is 0.357. The number of benzene rings is 1. The number of hydrogen-bond donors (Lipinski definition) is 0. The molecule has 2 aliphatic rings. The molecule has 1 aromatic carbocycles. The average Bonchev–Trinajstić information content (AvgIpc) is 3.43. The lowest BCUT2D eigenvalue weighted by Crippen LogP contribution is -2.42. The highest BCUT2D eigenvalue weighted by Gasteiger charge is 2.48. The van der Waals surface area contributed by atoms with E-state index in [2.05, 4.69) is 32.8 Å². The monoisotopic (exact) mass is 484 g/mol. The molecule has 1 saturated heterocycles. The van der Waals surface area contributed by atoms with Crippen LogP contribution in [0.4, 0.5) is 10.2 Å². The van der Waals surface area contributed by atoms with Crippen LogP contribution in [0, 0.1) is 18.2 Å². The summed E-state index contributed by atoms with van der Waals surface area (Å²) in [5.41, 5.74) is 6.07. The molecule has 0 bridgehead atoms. The molecule has 0 saturated carbocycles. The second kappa shape index (κ2) is 8.78. The molecule has 4 aromatic rings. The maximum Gasteiger partial charge on any atom is 0.155 e. The molecule has 8 heteroatoms. The van der Waals surface area contributed by atoms with E-state index in [1.165, 1.54) is 11.6 Å². The summed E-state index contributed by atoms with van der Waals surface area (Å²) in [4.78, 5) is 16.6. The van der Waals surface area contributed by atoms with Crippen molar-refractivity contribution < 1.29 is 9.13 Å². The third-order valence-electron chi connectivity index (χ3n) is 7.87. The molecule has 36 heavy (non-hydrogen) atoms. The molecule has 0 amide bonds. The van der Waals surface area contributed by atoms with Crippen LogP contribution in [0.25, 0.3) is 16.8 Å². The largest absolute Gasteiger partial charge is 0.380 e. The Hall–Kier alpha value is -3.65. The Bertz CT molecular complexity index is 1460. The number of aryl methyl sites for hydroxylation is 1. The highest BCUT2D eigenvalue weighted by molar-refractivity contribution is 5.78. The van der Waals surface area contributed by atoms with E-state index in [0.717, 1.165) is 60.6 Å². The summed E-state index contributed by atoms with van der Waals surface area (Å²) in [5, 5.41) is 4.67. The van der Waals surface area contributed by atoms with E-state index in [9.17, 15) is 4.39 Å². The van der Waals surface area contributed by atoms with Gasteiger partial charge in [-0.3, -0.25) is 9.98 Å². The van der Waals surface area contributed by atoms with E-state index < -0.39 is 0 Å². The Morgan fingerprint density at radius 1 is 1.19 bits per heavy atom. The first kappa shape index (κ1) is 22.8. The molecule has 1 unspecified atom stereocenters. The topological polar surface area (TPSA) is 67.9 Å². The van der Waals surface area contributed by atoms with E-state index in [0.29, 0.717) is 17.9 Å². The molecule has 1 fully saturated rings. The minimum absolute atomic E-state index is 0.0307. The SMILES string of the molecule is C=NC1c2cccnc2CC12CCN(c1nc(C)c(-c3ccccc3F)n3ncc(COC)c13)CC2. The summed E-state index contributed by atoms with van der Waals surface area (Å²) in [5.74, 6) is 0.571. The van der Waals surface area contributed by atoms with Gasteiger partial charge in [0.15, 0.2) is 5.82 Å². The summed E-state index contributed by atoms with van der Waals surface area (Å²) in [6.45, 7) is 7.92. The number of fused-ring (bicyclic) bond motifs is 2. The number of aliphatic imine (C=N–C) groups is 1. The van der Waals surface area contributed by atoms with Gasteiger partial charge in [-0.15, -0.1) is 0 Å². The number of anilines is 1. The van der Waals surface area contributed by atoms with Crippen LogP contribution >= 0.6 is 0 Å². The van der Waals surface area contributed by atoms with Crippen molar-refractivity contribution in [3.05, 3.63) is 77.1 Å². The average molecular weight is 485 g/mol. The molecule has 184 valence electrons. The third kappa shape index (κ3) is 3.43. The Morgan fingerprint density at radius 2 is 2.00 bits per heavy atom. The molecule has 1 atom stereocenters. The molecular formula is C28H29FN6O. The van der Waals surface area contributed by atoms with Gasteiger partial charge < -0.3 is 9.64 Å². The molecule has 0 radical (unpaired) electrons. The van der Waals surface area contributed by atoms with Crippen molar-refractivity contribution in [1.29, 1.82) is 0 Å². The van der Waals surface area contributed by atoms with E-state index in [1.54, 1.807) is 25.4 Å². The number of piperidine rings is 1. The van der Waals surface area contributed by atoms with E-state index in [4.69, 9.17) is 9.72 Å². The summed E-state index contributed by atoms with van der Waals surface area (Å²) >= 11 is 0. The molecular weight excluding hydrogens is 455 g/mol. The van der Waals surface area contributed by atoms with Gasteiger partial charge in [-0.2, -0.15) is 5.10 Å². The number of hydrogen-bond acceptors (Lipinski definition) is 6. The van der Waals surface area contributed by atoms with Gasteiger partial charge in [0, 0.05) is 48.6 Å². The van der Waals surface area contributed by atoms with Crippen LogP contribution in [-0.4, -0.2) is 46.5 Å². The van der Waals surface area contributed by atoms with Crippen LogP contribution < -0.4 is 4.90 Å². The second-order valence-corrected chi connectivity index (χ2v) is 9.86. The fourth-order valence-electron chi connectivity index (χ4n) is 6.17. The van der Waals surface area contributed by atoms with Crippen molar-refractivity contribution in [3.63, 3.8) is 0 Å². The number of pyridine rings is 1. The van der Waals surface area contributed by atoms with Gasteiger partial charge in [-0.1, -0.05) is 18.2 Å². The van der Waals surface area contributed by atoms with Crippen LogP contribution in [0.1, 0.15) is 41.4 Å². The van der Waals surface area contributed by atoms with Gasteiger partial charge in [0.05, 0.1) is 30.2 Å². The van der Waals surface area contributed by atoms with Crippen LogP contribution in [-0.2, 0) is 17.8 Å². The maximum atomic E-state index is 14.8. The van der Waals surface area contributed by atoms with Gasteiger partial charge in [0.2, 0.25) is 0 Å². The third-order valence-corrected chi connectivity index (χ3v) is 7.87. The molecule has 1 spiro atoms. The Morgan fingerprint density at radius 3 is 2.75 bits per heavy atom. The van der Waals surface area contributed by atoms with E-state index in [1.807, 2.05) is 29.8 Å². The number of nitrogens with zero attached hydrogens (tertiary/aromatic N) is 6. The maximum absolute atomic E-state index is 14.8. The lowest BCUT2D eigenvalue weighted by atomic mass is 9.73. The van der Waals surface area contributed by atoms with Gasteiger partial charge in [-0.25, -0.2) is 13.9 Å². The number of halogens is 1. The van der Waals surface area contributed by atoms with Crippen LogP contribution in [0.15, 0.2) is 53.8 Å². The van der Waals surface area contributed by atoms with Crippen molar-refractivity contribution >= 4 is 18.1 Å². The summed E-state index contributed by atoms with van der Waals surface area (Å²) in [6.07, 6.45) is 6.52. The molecule has 0 N–H and O–H groups in total. The molecule has 7 nitrogen and oxygen atoms in total. The molecule has 1 aliphatic carbocycles. The quantitative estimate of drug-likeness (QED) is 0.374. The molecule has 4 heterocycles. The van der Waals surface area contributed by atoms with Crippen LogP contribution in [0.5, 0.6) is 0 Å². The first-order valence-corrected chi connectivity index (χ1v) is 12.3. The minimum Gasteiger partial charge on any atom is -0.380 e. The number of rotatable bonds is 5. The van der Waals surface area contributed by atoms with Crippen molar-refractivity contribution in [2.45, 2.75) is 38.8 Å².